The van der Waals surface area contributed by atoms with Gasteiger partial charge in [-0.25, -0.2) is 0 Å². The standard InChI is InChI=1S/C14H21NO3/c1-5-18-13-8-11(6-7-12(13)17-4)9-15-14(16)10(2)3/h6-8,10H,5,9H2,1-4H3,(H,15,16). The van der Waals surface area contributed by atoms with Gasteiger partial charge in [-0.05, 0) is 24.6 Å². The Labute approximate surface area is 108 Å². The van der Waals surface area contributed by atoms with Crippen LogP contribution in [0.15, 0.2) is 18.2 Å². The molecule has 0 spiro atoms. The van der Waals surface area contributed by atoms with Crippen molar-refractivity contribution in [2.45, 2.75) is 27.3 Å². The molecule has 0 aromatic heterocycles. The molecule has 1 rings (SSSR count). The Bertz CT molecular complexity index is 402. The first-order valence-corrected chi connectivity index (χ1v) is 6.15. The maximum atomic E-state index is 11.5. The SMILES string of the molecule is CCOc1cc(CNC(=O)C(C)C)ccc1OC. The molecule has 0 aliphatic rings. The van der Waals surface area contributed by atoms with E-state index >= 15 is 0 Å². The number of carbonyl (C=O) groups is 1. The molecule has 1 amide bonds. The zero-order chi connectivity index (χ0) is 13.5. The minimum absolute atomic E-state index is 0.00499. The van der Waals surface area contributed by atoms with E-state index in [1.165, 1.54) is 0 Å². The van der Waals surface area contributed by atoms with Crippen molar-refractivity contribution >= 4 is 5.91 Å². The average molecular weight is 251 g/mol. The fourth-order valence-electron chi connectivity index (χ4n) is 1.49. The predicted octanol–water partition coefficient (Wildman–Crippen LogP) is 2.37. The van der Waals surface area contributed by atoms with E-state index in [0.29, 0.717) is 24.7 Å². The Morgan fingerprint density at radius 1 is 1.33 bits per heavy atom. The van der Waals surface area contributed by atoms with Crippen molar-refractivity contribution in [3.63, 3.8) is 0 Å². The second-order valence-electron chi connectivity index (χ2n) is 4.29. The van der Waals surface area contributed by atoms with Crippen molar-refractivity contribution in [1.29, 1.82) is 0 Å². The van der Waals surface area contributed by atoms with Gasteiger partial charge in [0, 0.05) is 12.5 Å². The lowest BCUT2D eigenvalue weighted by Gasteiger charge is -2.12. The second-order valence-corrected chi connectivity index (χ2v) is 4.29. The molecule has 4 heteroatoms. The normalized spacial score (nSPS) is 10.3. The quantitative estimate of drug-likeness (QED) is 0.844. The summed E-state index contributed by atoms with van der Waals surface area (Å²) in [6.07, 6.45) is 0. The number of rotatable bonds is 6. The summed E-state index contributed by atoms with van der Waals surface area (Å²) in [5.74, 6) is 1.45. The summed E-state index contributed by atoms with van der Waals surface area (Å²) in [5.41, 5.74) is 0.994. The van der Waals surface area contributed by atoms with Crippen LogP contribution in [0.4, 0.5) is 0 Å². The van der Waals surface area contributed by atoms with E-state index in [9.17, 15) is 4.79 Å². The van der Waals surface area contributed by atoms with Crippen LogP contribution in [0, 0.1) is 5.92 Å². The van der Waals surface area contributed by atoms with Crippen molar-refractivity contribution in [1.82, 2.24) is 5.32 Å². The number of amides is 1. The van der Waals surface area contributed by atoms with Gasteiger partial charge in [-0.15, -0.1) is 0 Å². The molecule has 4 nitrogen and oxygen atoms in total. The van der Waals surface area contributed by atoms with Crippen LogP contribution >= 0.6 is 0 Å². The van der Waals surface area contributed by atoms with Crippen LogP contribution < -0.4 is 14.8 Å². The number of ether oxygens (including phenoxy) is 2. The van der Waals surface area contributed by atoms with E-state index in [0.717, 1.165) is 5.56 Å². The van der Waals surface area contributed by atoms with Gasteiger partial charge < -0.3 is 14.8 Å². The van der Waals surface area contributed by atoms with Crippen molar-refractivity contribution in [2.24, 2.45) is 5.92 Å². The lowest BCUT2D eigenvalue weighted by molar-refractivity contribution is -0.124. The van der Waals surface area contributed by atoms with Crippen LogP contribution in [0.25, 0.3) is 0 Å². The monoisotopic (exact) mass is 251 g/mol. The maximum absolute atomic E-state index is 11.5. The largest absolute Gasteiger partial charge is 0.493 e. The minimum Gasteiger partial charge on any atom is -0.493 e. The summed E-state index contributed by atoms with van der Waals surface area (Å²) in [4.78, 5) is 11.5. The molecule has 0 radical (unpaired) electrons. The van der Waals surface area contributed by atoms with Gasteiger partial charge in [0.15, 0.2) is 11.5 Å². The molecule has 1 aromatic rings. The molecule has 100 valence electrons. The van der Waals surface area contributed by atoms with Crippen LogP contribution in [-0.4, -0.2) is 19.6 Å². The fourth-order valence-corrected chi connectivity index (χ4v) is 1.49. The molecule has 0 fully saturated rings. The van der Waals surface area contributed by atoms with Gasteiger partial charge in [0.1, 0.15) is 0 Å². The molecule has 0 saturated carbocycles. The fraction of sp³-hybridized carbons (Fsp3) is 0.500. The number of nitrogens with one attached hydrogen (secondary N) is 1. The lowest BCUT2D eigenvalue weighted by Crippen LogP contribution is -2.27. The molecule has 0 bridgehead atoms. The number of hydrogen-bond acceptors (Lipinski definition) is 3. The van der Waals surface area contributed by atoms with Crippen LogP contribution in [0.3, 0.4) is 0 Å². The van der Waals surface area contributed by atoms with E-state index in [1.54, 1.807) is 7.11 Å². The number of methoxy groups -OCH3 is 1. The molecule has 0 atom stereocenters. The predicted molar refractivity (Wildman–Crippen MR) is 70.8 cm³/mol. The first-order valence-electron chi connectivity index (χ1n) is 6.15. The number of carbonyl (C=O) groups excluding carboxylic acids is 1. The maximum Gasteiger partial charge on any atom is 0.222 e. The van der Waals surface area contributed by atoms with E-state index in [4.69, 9.17) is 9.47 Å². The number of benzene rings is 1. The first kappa shape index (κ1) is 14.4. The van der Waals surface area contributed by atoms with Crippen LogP contribution in [-0.2, 0) is 11.3 Å². The third kappa shape index (κ3) is 3.95. The highest BCUT2D eigenvalue weighted by Gasteiger charge is 2.08. The van der Waals surface area contributed by atoms with Gasteiger partial charge in [0.25, 0.3) is 0 Å². The molecule has 0 aliphatic heterocycles. The zero-order valence-electron chi connectivity index (χ0n) is 11.4. The molecule has 0 saturated heterocycles. The van der Waals surface area contributed by atoms with Crippen molar-refractivity contribution in [3.05, 3.63) is 23.8 Å². The van der Waals surface area contributed by atoms with E-state index in [-0.39, 0.29) is 11.8 Å². The van der Waals surface area contributed by atoms with Crippen LogP contribution in [0.1, 0.15) is 26.3 Å². The molecule has 1 aromatic carbocycles. The van der Waals surface area contributed by atoms with Gasteiger partial charge in [0.2, 0.25) is 5.91 Å². The number of hydrogen-bond donors (Lipinski definition) is 1. The third-order valence-corrected chi connectivity index (χ3v) is 2.52. The second kappa shape index (κ2) is 6.89. The van der Waals surface area contributed by atoms with Crippen molar-refractivity contribution in [3.8, 4) is 11.5 Å². The summed E-state index contributed by atoms with van der Waals surface area (Å²) >= 11 is 0. The summed E-state index contributed by atoms with van der Waals surface area (Å²) in [6.45, 7) is 6.75. The Morgan fingerprint density at radius 2 is 2.06 bits per heavy atom. The van der Waals surface area contributed by atoms with E-state index < -0.39 is 0 Å². The molecular formula is C14H21NO3. The molecule has 18 heavy (non-hydrogen) atoms. The van der Waals surface area contributed by atoms with Crippen molar-refractivity contribution < 1.29 is 14.3 Å². The Morgan fingerprint density at radius 3 is 2.61 bits per heavy atom. The Hall–Kier alpha value is -1.71. The highest BCUT2D eigenvalue weighted by molar-refractivity contribution is 5.77. The summed E-state index contributed by atoms with van der Waals surface area (Å²) in [6, 6.07) is 5.66. The first-order chi connectivity index (χ1) is 8.58. The molecule has 0 heterocycles. The van der Waals surface area contributed by atoms with Crippen molar-refractivity contribution in [2.75, 3.05) is 13.7 Å². The summed E-state index contributed by atoms with van der Waals surface area (Å²) in [7, 11) is 1.61. The summed E-state index contributed by atoms with van der Waals surface area (Å²) < 4.78 is 10.7. The van der Waals surface area contributed by atoms with Gasteiger partial charge in [-0.1, -0.05) is 19.9 Å². The highest BCUT2D eigenvalue weighted by atomic mass is 16.5. The van der Waals surface area contributed by atoms with Gasteiger partial charge in [0.05, 0.1) is 13.7 Å². The third-order valence-electron chi connectivity index (χ3n) is 2.52. The zero-order valence-corrected chi connectivity index (χ0v) is 11.4. The van der Waals surface area contributed by atoms with E-state index in [2.05, 4.69) is 5.32 Å². The Kier molecular flexibility index (Phi) is 5.49. The van der Waals surface area contributed by atoms with Gasteiger partial charge in [-0.3, -0.25) is 4.79 Å². The topological polar surface area (TPSA) is 47.6 Å². The molecule has 1 N–H and O–H groups in total. The molecular weight excluding hydrogens is 230 g/mol. The highest BCUT2D eigenvalue weighted by Crippen LogP contribution is 2.27. The summed E-state index contributed by atoms with van der Waals surface area (Å²) in [5, 5.41) is 2.87. The van der Waals surface area contributed by atoms with Gasteiger partial charge >= 0.3 is 0 Å². The van der Waals surface area contributed by atoms with Gasteiger partial charge in [-0.2, -0.15) is 0 Å². The lowest BCUT2D eigenvalue weighted by atomic mass is 10.1. The minimum atomic E-state index is -0.00499. The average Bonchev–Trinajstić information content (AvgIpc) is 2.36. The molecule has 0 unspecified atom stereocenters. The van der Waals surface area contributed by atoms with Crippen LogP contribution in [0.5, 0.6) is 11.5 Å². The van der Waals surface area contributed by atoms with E-state index in [1.807, 2.05) is 39.0 Å². The van der Waals surface area contributed by atoms with Crippen LogP contribution in [0.2, 0.25) is 0 Å². The smallest absolute Gasteiger partial charge is 0.222 e. The molecule has 0 aliphatic carbocycles. The Balaban J connectivity index is 2.72.